The van der Waals surface area contributed by atoms with E-state index in [2.05, 4.69) is 10.3 Å². The molecule has 6 heteroatoms. The number of amides is 1. The number of carbonyl (C=O) groups excluding carboxylic acids is 1. The number of nitrogens with one attached hydrogen (secondary N) is 1. The highest BCUT2D eigenvalue weighted by Crippen LogP contribution is 2.41. The Morgan fingerprint density at radius 2 is 2.29 bits per heavy atom. The lowest BCUT2D eigenvalue weighted by Gasteiger charge is -2.20. The van der Waals surface area contributed by atoms with Gasteiger partial charge in [-0.1, -0.05) is 12.2 Å². The molecule has 92 valence electrons. The van der Waals surface area contributed by atoms with Gasteiger partial charge in [0.2, 0.25) is 5.91 Å². The molecular formula is C11H15N3OS2. The van der Waals surface area contributed by atoms with Crippen molar-refractivity contribution in [2.24, 2.45) is 11.1 Å². The van der Waals surface area contributed by atoms with Crippen LogP contribution in [0.4, 0.5) is 5.13 Å². The summed E-state index contributed by atoms with van der Waals surface area (Å²) in [4.78, 5) is 16.5. The van der Waals surface area contributed by atoms with E-state index in [0.717, 1.165) is 5.69 Å². The minimum Gasteiger partial charge on any atom is -0.392 e. The summed E-state index contributed by atoms with van der Waals surface area (Å²) in [7, 11) is 0. The molecule has 1 amide bonds. The molecule has 0 atom stereocenters. The predicted octanol–water partition coefficient (Wildman–Crippen LogP) is 2.27. The van der Waals surface area contributed by atoms with Crippen molar-refractivity contribution in [1.82, 2.24) is 4.98 Å². The minimum absolute atomic E-state index is 0.189. The summed E-state index contributed by atoms with van der Waals surface area (Å²) in [6.07, 6.45) is 2.41. The van der Waals surface area contributed by atoms with Crippen LogP contribution in [0.2, 0.25) is 0 Å². The molecule has 0 saturated heterocycles. The normalized spacial score (nSPS) is 15.6. The third-order valence-electron chi connectivity index (χ3n) is 2.92. The van der Waals surface area contributed by atoms with E-state index in [1.807, 2.05) is 5.38 Å². The Morgan fingerprint density at radius 3 is 2.82 bits per heavy atom. The topological polar surface area (TPSA) is 68.0 Å². The number of hydrogen-bond acceptors (Lipinski definition) is 4. The van der Waals surface area contributed by atoms with E-state index in [-0.39, 0.29) is 10.9 Å². The molecule has 1 heterocycles. The van der Waals surface area contributed by atoms with Crippen molar-refractivity contribution >= 4 is 39.6 Å². The third-order valence-corrected chi connectivity index (χ3v) is 4.21. The van der Waals surface area contributed by atoms with Crippen molar-refractivity contribution in [1.29, 1.82) is 0 Å². The predicted molar refractivity (Wildman–Crippen MR) is 73.3 cm³/mol. The fourth-order valence-corrected chi connectivity index (χ4v) is 2.16. The van der Waals surface area contributed by atoms with Crippen LogP contribution in [0.25, 0.3) is 0 Å². The second kappa shape index (κ2) is 4.34. The number of nitrogens with two attached hydrogens (primary N) is 1. The van der Waals surface area contributed by atoms with Crippen LogP contribution in [0.3, 0.4) is 0 Å². The maximum atomic E-state index is 12.0. The fraction of sp³-hybridized carbons (Fsp3) is 0.545. The molecule has 1 fully saturated rings. The zero-order chi connectivity index (χ0) is 12.6. The Labute approximate surface area is 110 Å². The maximum absolute atomic E-state index is 12.0. The zero-order valence-electron chi connectivity index (χ0n) is 9.82. The van der Waals surface area contributed by atoms with E-state index in [0.29, 0.717) is 11.0 Å². The molecule has 1 aliphatic carbocycles. The van der Waals surface area contributed by atoms with Crippen LogP contribution >= 0.6 is 23.6 Å². The highest BCUT2D eigenvalue weighted by Gasteiger charge is 2.32. The van der Waals surface area contributed by atoms with Gasteiger partial charge >= 0.3 is 0 Å². The van der Waals surface area contributed by atoms with Crippen molar-refractivity contribution in [2.75, 3.05) is 5.32 Å². The van der Waals surface area contributed by atoms with Crippen LogP contribution in [0, 0.1) is 5.41 Å². The van der Waals surface area contributed by atoms with Crippen LogP contribution in [-0.4, -0.2) is 15.9 Å². The first kappa shape index (κ1) is 12.4. The van der Waals surface area contributed by atoms with E-state index in [1.54, 1.807) is 13.8 Å². The summed E-state index contributed by atoms with van der Waals surface area (Å²) in [6, 6.07) is 0. The molecule has 17 heavy (non-hydrogen) atoms. The lowest BCUT2D eigenvalue weighted by atomic mass is 9.92. The first-order valence-electron chi connectivity index (χ1n) is 5.48. The maximum Gasteiger partial charge on any atom is 0.238 e. The van der Waals surface area contributed by atoms with Gasteiger partial charge in [0.15, 0.2) is 5.13 Å². The molecule has 3 N–H and O–H groups in total. The molecule has 0 aliphatic heterocycles. The van der Waals surface area contributed by atoms with Crippen LogP contribution < -0.4 is 11.1 Å². The number of thiocarbonyl (C=S) groups is 1. The average Bonchev–Trinajstić information content (AvgIpc) is 3.00. The van der Waals surface area contributed by atoms with Crippen LogP contribution in [0.15, 0.2) is 5.38 Å². The molecule has 0 spiro atoms. The van der Waals surface area contributed by atoms with Gasteiger partial charge in [0.05, 0.1) is 16.1 Å². The molecule has 1 aromatic rings. The van der Waals surface area contributed by atoms with E-state index in [4.69, 9.17) is 18.0 Å². The van der Waals surface area contributed by atoms with Crippen molar-refractivity contribution in [3.05, 3.63) is 11.1 Å². The number of carbonyl (C=O) groups is 1. The quantitative estimate of drug-likeness (QED) is 0.823. The number of thiazole rings is 1. The number of hydrogen-bond donors (Lipinski definition) is 2. The molecule has 0 unspecified atom stereocenters. The van der Waals surface area contributed by atoms with Crippen molar-refractivity contribution in [2.45, 2.75) is 32.6 Å². The van der Waals surface area contributed by atoms with Gasteiger partial charge in [-0.05, 0) is 26.7 Å². The minimum atomic E-state index is -0.846. The van der Waals surface area contributed by atoms with Gasteiger partial charge in [-0.25, -0.2) is 4.98 Å². The van der Waals surface area contributed by atoms with Gasteiger partial charge in [-0.3, -0.25) is 4.79 Å². The van der Waals surface area contributed by atoms with E-state index in [1.165, 1.54) is 24.2 Å². The number of nitrogens with zero attached hydrogens (tertiary/aromatic N) is 1. The molecule has 0 aromatic carbocycles. The smallest absolute Gasteiger partial charge is 0.238 e. The summed E-state index contributed by atoms with van der Waals surface area (Å²) in [5.74, 6) is 0.391. The number of aromatic nitrogens is 1. The first-order valence-corrected chi connectivity index (χ1v) is 6.77. The summed E-state index contributed by atoms with van der Waals surface area (Å²) in [6.45, 7) is 3.42. The number of anilines is 1. The van der Waals surface area contributed by atoms with Crippen molar-refractivity contribution < 1.29 is 4.79 Å². The van der Waals surface area contributed by atoms with Gasteiger partial charge in [0, 0.05) is 11.3 Å². The molecule has 1 aliphatic rings. The van der Waals surface area contributed by atoms with Crippen LogP contribution in [-0.2, 0) is 4.79 Å². The fourth-order valence-electron chi connectivity index (χ4n) is 1.28. The Hall–Kier alpha value is -1.01. The third kappa shape index (κ3) is 2.63. The van der Waals surface area contributed by atoms with Gasteiger partial charge in [0.25, 0.3) is 0 Å². The molecule has 1 saturated carbocycles. The Kier molecular flexibility index (Phi) is 3.18. The second-order valence-corrected chi connectivity index (χ2v) is 6.09. The monoisotopic (exact) mass is 269 g/mol. The molecule has 2 rings (SSSR count). The lowest BCUT2D eigenvalue weighted by molar-refractivity contribution is -0.121. The SMILES string of the molecule is CC(C)(C(=O)Nc1nc(C2CC2)cs1)C(N)=S. The van der Waals surface area contributed by atoms with Gasteiger partial charge in [-0.2, -0.15) is 0 Å². The summed E-state index contributed by atoms with van der Waals surface area (Å²) >= 11 is 6.33. The second-order valence-electron chi connectivity index (χ2n) is 4.80. The molecule has 0 radical (unpaired) electrons. The van der Waals surface area contributed by atoms with Crippen LogP contribution in [0.5, 0.6) is 0 Å². The van der Waals surface area contributed by atoms with Gasteiger partial charge < -0.3 is 11.1 Å². The first-order chi connectivity index (χ1) is 7.91. The Morgan fingerprint density at radius 1 is 1.65 bits per heavy atom. The highest BCUT2D eigenvalue weighted by atomic mass is 32.1. The molecular weight excluding hydrogens is 254 g/mol. The molecule has 0 bridgehead atoms. The Balaban J connectivity index is 2.04. The van der Waals surface area contributed by atoms with Gasteiger partial charge in [-0.15, -0.1) is 11.3 Å². The van der Waals surface area contributed by atoms with Crippen molar-refractivity contribution in [3.8, 4) is 0 Å². The number of rotatable bonds is 4. The summed E-state index contributed by atoms with van der Waals surface area (Å²) < 4.78 is 0. The lowest BCUT2D eigenvalue weighted by Crippen LogP contribution is -2.41. The van der Waals surface area contributed by atoms with Crippen LogP contribution in [0.1, 0.15) is 38.3 Å². The van der Waals surface area contributed by atoms with E-state index >= 15 is 0 Å². The zero-order valence-corrected chi connectivity index (χ0v) is 11.5. The highest BCUT2D eigenvalue weighted by molar-refractivity contribution is 7.80. The van der Waals surface area contributed by atoms with E-state index < -0.39 is 5.41 Å². The molecule has 4 nitrogen and oxygen atoms in total. The average molecular weight is 269 g/mol. The van der Waals surface area contributed by atoms with E-state index in [9.17, 15) is 4.79 Å². The Bertz CT molecular complexity index is 463. The van der Waals surface area contributed by atoms with Gasteiger partial charge in [0.1, 0.15) is 0 Å². The largest absolute Gasteiger partial charge is 0.392 e. The summed E-state index contributed by atoms with van der Waals surface area (Å²) in [5.41, 5.74) is 5.78. The standard InChI is InChI=1S/C11H15N3OS2/c1-11(2,8(12)16)9(15)14-10-13-7(5-17-10)6-3-4-6/h5-6H,3-4H2,1-2H3,(H2,12,16)(H,13,14,15). The van der Waals surface area contributed by atoms with Crippen molar-refractivity contribution in [3.63, 3.8) is 0 Å². The molecule has 1 aromatic heterocycles. The summed E-state index contributed by atoms with van der Waals surface area (Å²) in [5, 5.41) is 5.39.